The molecule has 3 heterocycles. The number of esters is 1. The number of anilines is 1. The number of tetrazole rings is 1. The number of methoxy groups -OCH3 is 1. The van der Waals surface area contributed by atoms with Crippen molar-refractivity contribution in [2.45, 2.75) is 19.4 Å². The average molecular weight is 286 g/mol. The Bertz CT molecular complexity index is 694. The van der Waals surface area contributed by atoms with Crippen LogP contribution in [-0.4, -0.2) is 38.3 Å². The van der Waals surface area contributed by atoms with E-state index in [1.54, 1.807) is 17.1 Å². The first-order valence-corrected chi connectivity index (χ1v) is 6.52. The Hall–Kier alpha value is -2.77. The molecule has 2 aromatic rings. The molecule has 3 rings (SSSR count). The number of pyridine rings is 1. The molecule has 0 fully saturated rings. The van der Waals surface area contributed by atoms with Crippen LogP contribution in [-0.2, 0) is 9.53 Å². The number of hydrogen-bond donors (Lipinski definition) is 1. The summed E-state index contributed by atoms with van der Waals surface area (Å²) in [5.74, 6) is 0.0858. The molecule has 0 unspecified atom stereocenters. The highest BCUT2D eigenvalue weighted by molar-refractivity contribution is 5.92. The maximum absolute atomic E-state index is 12.2. The number of nitrogens with one attached hydrogen (secondary N) is 1. The van der Waals surface area contributed by atoms with E-state index in [0.717, 1.165) is 11.3 Å². The molecule has 1 atom stereocenters. The number of carbonyl (C=O) groups excluding carboxylic acids is 1. The fourth-order valence-corrected chi connectivity index (χ4v) is 2.41. The minimum Gasteiger partial charge on any atom is -0.466 e. The number of allylic oxidation sites excluding steroid dienone is 1. The van der Waals surface area contributed by atoms with Gasteiger partial charge in [0, 0.05) is 18.1 Å². The molecule has 1 aliphatic heterocycles. The predicted molar refractivity (Wildman–Crippen MR) is 73.1 cm³/mol. The van der Waals surface area contributed by atoms with Crippen LogP contribution in [0.3, 0.4) is 0 Å². The van der Waals surface area contributed by atoms with Crippen LogP contribution in [0.15, 0.2) is 35.8 Å². The molecule has 21 heavy (non-hydrogen) atoms. The minimum atomic E-state index is -0.452. The van der Waals surface area contributed by atoms with Gasteiger partial charge in [0.2, 0.25) is 5.95 Å². The molecule has 8 nitrogen and oxygen atoms in total. The van der Waals surface area contributed by atoms with Gasteiger partial charge in [-0.1, -0.05) is 18.1 Å². The van der Waals surface area contributed by atoms with E-state index in [2.05, 4.69) is 25.8 Å². The zero-order valence-electron chi connectivity index (χ0n) is 11.6. The Morgan fingerprint density at radius 1 is 1.52 bits per heavy atom. The maximum Gasteiger partial charge on any atom is 0.338 e. The highest BCUT2D eigenvalue weighted by Gasteiger charge is 2.35. The molecule has 108 valence electrons. The van der Waals surface area contributed by atoms with Crippen LogP contribution in [0.25, 0.3) is 0 Å². The molecule has 8 heteroatoms. The van der Waals surface area contributed by atoms with Gasteiger partial charge in [0.25, 0.3) is 0 Å². The molecule has 2 aromatic heterocycles. The molecule has 1 aliphatic rings. The molecule has 0 aromatic carbocycles. The molecular weight excluding hydrogens is 272 g/mol. The summed E-state index contributed by atoms with van der Waals surface area (Å²) in [6.07, 6.45) is 4.00. The van der Waals surface area contributed by atoms with E-state index in [4.69, 9.17) is 4.74 Å². The van der Waals surface area contributed by atoms with E-state index < -0.39 is 12.0 Å². The molecule has 0 saturated heterocycles. The Labute approximate surface area is 120 Å². The van der Waals surface area contributed by atoms with Crippen LogP contribution in [0.4, 0.5) is 5.95 Å². The first-order chi connectivity index (χ1) is 10.3. The third-order valence-corrected chi connectivity index (χ3v) is 3.36. The molecular formula is C13H14N6O2. The van der Waals surface area contributed by atoms with Crippen molar-refractivity contribution in [3.8, 4) is 0 Å². The fourth-order valence-electron chi connectivity index (χ4n) is 2.41. The third kappa shape index (κ3) is 2.14. The standard InChI is InChI=1S/C13H14N6O2/c1-3-9-10(12(20)21-2)11(8-5-4-6-14-7-8)19-13(15-9)16-17-18-19/h4-7,11H,3H2,1-2H3,(H,15,16,18)/t11-/m1/s1. The first-order valence-electron chi connectivity index (χ1n) is 6.52. The van der Waals surface area contributed by atoms with E-state index >= 15 is 0 Å². The van der Waals surface area contributed by atoms with Crippen molar-refractivity contribution in [1.82, 2.24) is 25.2 Å². The van der Waals surface area contributed by atoms with E-state index in [-0.39, 0.29) is 0 Å². The second-order valence-electron chi connectivity index (χ2n) is 4.50. The summed E-state index contributed by atoms with van der Waals surface area (Å²) in [5.41, 5.74) is 2.06. The first kappa shape index (κ1) is 13.2. The number of fused-ring (bicyclic) bond motifs is 1. The molecule has 0 spiro atoms. The van der Waals surface area contributed by atoms with Crippen LogP contribution in [0.5, 0.6) is 0 Å². The molecule has 0 bridgehead atoms. The Balaban J connectivity index is 2.20. The largest absolute Gasteiger partial charge is 0.466 e. The quantitative estimate of drug-likeness (QED) is 0.838. The van der Waals surface area contributed by atoms with Gasteiger partial charge in [-0.2, -0.15) is 4.68 Å². The zero-order chi connectivity index (χ0) is 14.8. The van der Waals surface area contributed by atoms with Crippen molar-refractivity contribution in [2.24, 2.45) is 0 Å². The van der Waals surface area contributed by atoms with Gasteiger partial charge in [-0.3, -0.25) is 4.98 Å². The van der Waals surface area contributed by atoms with Crippen molar-refractivity contribution in [1.29, 1.82) is 0 Å². The lowest BCUT2D eigenvalue weighted by atomic mass is 9.96. The van der Waals surface area contributed by atoms with E-state index in [1.165, 1.54) is 7.11 Å². The van der Waals surface area contributed by atoms with Crippen molar-refractivity contribution in [3.63, 3.8) is 0 Å². The summed E-state index contributed by atoms with van der Waals surface area (Å²) in [4.78, 5) is 16.3. The molecule has 0 radical (unpaired) electrons. The normalized spacial score (nSPS) is 17.1. The highest BCUT2D eigenvalue weighted by atomic mass is 16.5. The second kappa shape index (κ2) is 5.31. The fraction of sp³-hybridized carbons (Fsp3) is 0.308. The van der Waals surface area contributed by atoms with Gasteiger partial charge in [0.05, 0.1) is 12.7 Å². The number of rotatable bonds is 3. The van der Waals surface area contributed by atoms with Crippen LogP contribution in [0.2, 0.25) is 0 Å². The highest BCUT2D eigenvalue weighted by Crippen LogP contribution is 2.35. The van der Waals surface area contributed by atoms with Crippen LogP contribution in [0, 0.1) is 0 Å². The van der Waals surface area contributed by atoms with E-state index in [9.17, 15) is 4.79 Å². The monoisotopic (exact) mass is 286 g/mol. The van der Waals surface area contributed by atoms with Crippen molar-refractivity contribution in [2.75, 3.05) is 12.4 Å². The van der Waals surface area contributed by atoms with Gasteiger partial charge < -0.3 is 10.1 Å². The lowest BCUT2D eigenvalue weighted by molar-refractivity contribution is -0.136. The van der Waals surface area contributed by atoms with E-state index in [0.29, 0.717) is 17.9 Å². The van der Waals surface area contributed by atoms with Crippen molar-refractivity contribution >= 4 is 11.9 Å². The third-order valence-electron chi connectivity index (χ3n) is 3.36. The summed E-state index contributed by atoms with van der Waals surface area (Å²) in [7, 11) is 1.36. The predicted octanol–water partition coefficient (Wildman–Crippen LogP) is 0.920. The number of hydrogen-bond acceptors (Lipinski definition) is 7. The molecule has 0 saturated carbocycles. The van der Waals surface area contributed by atoms with Crippen LogP contribution in [0.1, 0.15) is 24.9 Å². The maximum atomic E-state index is 12.2. The van der Waals surface area contributed by atoms with Gasteiger partial charge in [0.1, 0.15) is 6.04 Å². The van der Waals surface area contributed by atoms with Gasteiger partial charge in [-0.25, -0.2) is 4.79 Å². The lowest BCUT2D eigenvalue weighted by Gasteiger charge is -2.27. The van der Waals surface area contributed by atoms with Crippen LogP contribution < -0.4 is 5.32 Å². The molecule has 0 aliphatic carbocycles. The van der Waals surface area contributed by atoms with E-state index in [1.807, 2.05) is 19.1 Å². The van der Waals surface area contributed by atoms with Crippen LogP contribution >= 0.6 is 0 Å². The summed E-state index contributed by atoms with van der Waals surface area (Å²) in [5, 5.41) is 14.7. The SMILES string of the molecule is CCC1=C(C(=O)OC)[C@@H](c2cccnc2)n2nnnc2N1. The summed E-state index contributed by atoms with van der Waals surface area (Å²) < 4.78 is 6.48. The van der Waals surface area contributed by atoms with Gasteiger partial charge in [-0.05, 0) is 28.5 Å². The smallest absolute Gasteiger partial charge is 0.338 e. The lowest BCUT2D eigenvalue weighted by Crippen LogP contribution is -2.30. The Kier molecular flexibility index (Phi) is 3.35. The molecule has 0 amide bonds. The zero-order valence-corrected chi connectivity index (χ0v) is 11.6. The van der Waals surface area contributed by atoms with Crippen molar-refractivity contribution in [3.05, 3.63) is 41.4 Å². The number of aromatic nitrogens is 5. The summed E-state index contributed by atoms with van der Waals surface area (Å²) >= 11 is 0. The minimum absolute atomic E-state index is 0.408. The topological polar surface area (TPSA) is 94.8 Å². The number of nitrogens with zero attached hydrogens (tertiary/aromatic N) is 5. The second-order valence-corrected chi connectivity index (χ2v) is 4.50. The average Bonchev–Trinajstić information content (AvgIpc) is 3.01. The van der Waals surface area contributed by atoms with Crippen molar-refractivity contribution < 1.29 is 9.53 Å². The summed E-state index contributed by atoms with van der Waals surface area (Å²) in [6.45, 7) is 1.95. The number of carbonyl (C=O) groups is 1. The summed E-state index contributed by atoms with van der Waals surface area (Å²) in [6, 6.07) is 3.24. The number of ether oxygens (including phenoxy) is 1. The van der Waals surface area contributed by atoms with Gasteiger partial charge in [-0.15, -0.1) is 0 Å². The van der Waals surface area contributed by atoms with Gasteiger partial charge >= 0.3 is 5.97 Å². The molecule has 1 N–H and O–H groups in total. The Morgan fingerprint density at radius 3 is 3.05 bits per heavy atom. The van der Waals surface area contributed by atoms with Gasteiger partial charge in [0.15, 0.2) is 0 Å². The Morgan fingerprint density at radius 2 is 2.38 bits per heavy atom.